The number of rotatable bonds is 5. The third kappa shape index (κ3) is 6.63. The molecule has 1 amide bonds. The average Bonchev–Trinajstić information content (AvgIpc) is 3.13. The molecule has 0 radical (unpaired) electrons. The second kappa shape index (κ2) is 11.5. The number of halogens is 1. The quantitative estimate of drug-likeness (QED) is 0.288. The van der Waals surface area contributed by atoms with E-state index in [-0.39, 0.29) is 48.3 Å². The summed E-state index contributed by atoms with van der Waals surface area (Å²) in [6.45, 7) is 8.29. The van der Waals surface area contributed by atoms with Gasteiger partial charge in [0.15, 0.2) is 5.96 Å². The van der Waals surface area contributed by atoms with E-state index in [0.717, 1.165) is 57.8 Å². The Balaban J connectivity index is 0.00000312. The number of carbonyl (C=O) groups excluding carboxylic acids is 2. The molecule has 0 saturated carbocycles. The molecule has 2 aliphatic heterocycles. The number of amides is 1. The lowest BCUT2D eigenvalue weighted by molar-refractivity contribution is -0.149. The smallest absolute Gasteiger partial charge is 0.310 e. The highest BCUT2D eigenvalue weighted by molar-refractivity contribution is 14.0. The number of piperidine rings is 1. The molecule has 2 aliphatic rings. The zero-order valence-corrected chi connectivity index (χ0v) is 17.7. The van der Waals surface area contributed by atoms with Gasteiger partial charge in [-0.3, -0.25) is 9.59 Å². The van der Waals surface area contributed by atoms with Gasteiger partial charge in [-0.1, -0.05) is 0 Å². The van der Waals surface area contributed by atoms with Crippen LogP contribution in [-0.2, 0) is 14.3 Å². The molecule has 2 heterocycles. The Morgan fingerprint density at radius 1 is 1.12 bits per heavy atom. The average molecular weight is 466 g/mol. The van der Waals surface area contributed by atoms with Crippen molar-refractivity contribution in [3.05, 3.63) is 0 Å². The molecule has 0 aromatic rings. The molecule has 25 heavy (non-hydrogen) atoms. The van der Waals surface area contributed by atoms with Gasteiger partial charge in [-0.25, -0.2) is 4.99 Å². The summed E-state index contributed by atoms with van der Waals surface area (Å²) < 4.78 is 5.15. The Kier molecular flexibility index (Phi) is 10.1. The Bertz CT molecular complexity index is 467. The van der Waals surface area contributed by atoms with Crippen LogP contribution in [-0.4, -0.2) is 73.5 Å². The summed E-state index contributed by atoms with van der Waals surface area (Å²) in [5.74, 6) is 0.559. The first-order valence-corrected chi connectivity index (χ1v) is 9.13. The number of guanidine groups is 1. The van der Waals surface area contributed by atoms with E-state index in [2.05, 4.69) is 15.2 Å². The second-order valence-corrected chi connectivity index (χ2v) is 6.30. The third-order valence-corrected chi connectivity index (χ3v) is 4.50. The van der Waals surface area contributed by atoms with Crippen LogP contribution in [0.1, 0.15) is 39.5 Å². The van der Waals surface area contributed by atoms with E-state index in [0.29, 0.717) is 13.2 Å². The Labute approximate surface area is 167 Å². The summed E-state index contributed by atoms with van der Waals surface area (Å²) in [5.41, 5.74) is 0. The molecule has 0 spiro atoms. The Morgan fingerprint density at radius 3 is 2.44 bits per heavy atom. The van der Waals surface area contributed by atoms with Crippen LogP contribution >= 0.6 is 24.0 Å². The Morgan fingerprint density at radius 2 is 1.80 bits per heavy atom. The minimum atomic E-state index is -0.133. The largest absolute Gasteiger partial charge is 0.466 e. The fourth-order valence-electron chi connectivity index (χ4n) is 3.26. The van der Waals surface area contributed by atoms with E-state index in [1.165, 1.54) is 0 Å². The number of nitrogens with one attached hydrogen (secondary N) is 1. The van der Waals surface area contributed by atoms with Crippen molar-refractivity contribution in [3.63, 3.8) is 0 Å². The molecule has 1 unspecified atom stereocenters. The third-order valence-electron chi connectivity index (χ3n) is 4.50. The molecule has 0 aromatic carbocycles. The molecule has 2 fully saturated rings. The number of ether oxygens (including phenoxy) is 1. The number of nitrogens with zero attached hydrogens (tertiary/aromatic N) is 3. The van der Waals surface area contributed by atoms with Crippen molar-refractivity contribution in [3.8, 4) is 0 Å². The van der Waals surface area contributed by atoms with Gasteiger partial charge in [0.25, 0.3) is 0 Å². The minimum absolute atomic E-state index is 0. The van der Waals surface area contributed by atoms with E-state index in [1.807, 2.05) is 18.7 Å². The molecule has 1 atom stereocenters. The first-order valence-electron chi connectivity index (χ1n) is 9.13. The lowest BCUT2D eigenvalue weighted by Crippen LogP contribution is -2.48. The molecule has 2 rings (SSSR count). The predicted octanol–water partition coefficient (Wildman–Crippen LogP) is 1.47. The topological polar surface area (TPSA) is 74.2 Å². The maximum Gasteiger partial charge on any atom is 0.310 e. The van der Waals surface area contributed by atoms with Crippen molar-refractivity contribution in [1.29, 1.82) is 0 Å². The standard InChI is InChI=1S/C17H30N4O3.HI/c1-3-18-17(19-12-15(22)20-9-5-6-10-20)21-11-7-8-14(13-21)16(23)24-4-2;/h14H,3-13H2,1-2H3,(H,18,19);1H. The summed E-state index contributed by atoms with van der Waals surface area (Å²) in [7, 11) is 0. The lowest BCUT2D eigenvalue weighted by atomic mass is 9.98. The monoisotopic (exact) mass is 466 g/mol. The zero-order valence-electron chi connectivity index (χ0n) is 15.3. The van der Waals surface area contributed by atoms with Gasteiger partial charge >= 0.3 is 5.97 Å². The van der Waals surface area contributed by atoms with E-state index in [9.17, 15) is 9.59 Å². The summed E-state index contributed by atoms with van der Waals surface area (Å²) in [6, 6.07) is 0. The zero-order chi connectivity index (χ0) is 17.4. The van der Waals surface area contributed by atoms with Gasteiger partial charge in [0.1, 0.15) is 6.54 Å². The molecular formula is C17H31IN4O3. The maximum atomic E-state index is 12.2. The number of hydrogen-bond donors (Lipinski definition) is 1. The van der Waals surface area contributed by atoms with Gasteiger partial charge in [-0.15, -0.1) is 24.0 Å². The highest BCUT2D eigenvalue weighted by Gasteiger charge is 2.28. The summed E-state index contributed by atoms with van der Waals surface area (Å²) in [6.07, 6.45) is 3.95. The molecule has 0 bridgehead atoms. The van der Waals surface area contributed by atoms with Crippen molar-refractivity contribution in [2.45, 2.75) is 39.5 Å². The number of aliphatic imine (C=N–C) groups is 1. The molecule has 8 heteroatoms. The van der Waals surface area contributed by atoms with Crippen molar-refractivity contribution in [2.75, 3.05) is 45.9 Å². The van der Waals surface area contributed by atoms with Gasteiger partial charge < -0.3 is 19.9 Å². The van der Waals surface area contributed by atoms with Crippen LogP contribution < -0.4 is 5.32 Å². The van der Waals surface area contributed by atoms with Crippen LogP contribution in [0.25, 0.3) is 0 Å². The van der Waals surface area contributed by atoms with Crippen molar-refractivity contribution in [2.24, 2.45) is 10.9 Å². The van der Waals surface area contributed by atoms with E-state index < -0.39 is 0 Å². The van der Waals surface area contributed by atoms with Crippen LogP contribution in [0.4, 0.5) is 0 Å². The van der Waals surface area contributed by atoms with Crippen LogP contribution in [0, 0.1) is 5.92 Å². The highest BCUT2D eigenvalue weighted by atomic mass is 127. The molecule has 7 nitrogen and oxygen atoms in total. The normalized spacial score (nSPS) is 20.9. The fourth-order valence-corrected chi connectivity index (χ4v) is 3.26. The molecular weight excluding hydrogens is 435 g/mol. The molecule has 0 aromatic heterocycles. The van der Waals surface area contributed by atoms with E-state index >= 15 is 0 Å². The van der Waals surface area contributed by atoms with E-state index in [4.69, 9.17) is 4.74 Å². The van der Waals surface area contributed by atoms with Crippen molar-refractivity contribution >= 4 is 41.8 Å². The first kappa shape index (κ1) is 22.0. The summed E-state index contributed by atoms with van der Waals surface area (Å²) >= 11 is 0. The number of hydrogen-bond acceptors (Lipinski definition) is 4. The maximum absolute atomic E-state index is 12.2. The first-order chi connectivity index (χ1) is 11.7. The molecule has 1 N–H and O–H groups in total. The van der Waals surface area contributed by atoms with Crippen LogP contribution in [0.5, 0.6) is 0 Å². The molecule has 144 valence electrons. The summed E-state index contributed by atoms with van der Waals surface area (Å²) in [4.78, 5) is 32.7. The van der Waals surface area contributed by atoms with Gasteiger partial charge in [-0.05, 0) is 39.5 Å². The predicted molar refractivity (Wildman–Crippen MR) is 108 cm³/mol. The van der Waals surface area contributed by atoms with Crippen LogP contribution in [0.3, 0.4) is 0 Å². The summed E-state index contributed by atoms with van der Waals surface area (Å²) in [5, 5.41) is 3.24. The highest BCUT2D eigenvalue weighted by Crippen LogP contribution is 2.18. The molecule has 0 aliphatic carbocycles. The van der Waals surface area contributed by atoms with Gasteiger partial charge in [0, 0.05) is 32.7 Å². The molecule has 2 saturated heterocycles. The second-order valence-electron chi connectivity index (χ2n) is 6.30. The van der Waals surface area contributed by atoms with Gasteiger partial charge in [0.05, 0.1) is 12.5 Å². The minimum Gasteiger partial charge on any atom is -0.466 e. The van der Waals surface area contributed by atoms with Gasteiger partial charge in [-0.2, -0.15) is 0 Å². The SMILES string of the molecule is CCNC(=NCC(=O)N1CCCC1)N1CCCC(C(=O)OCC)C1.I. The number of likely N-dealkylation sites (tertiary alicyclic amines) is 2. The fraction of sp³-hybridized carbons (Fsp3) is 0.824. The number of esters is 1. The van der Waals surface area contributed by atoms with Crippen molar-refractivity contribution < 1.29 is 14.3 Å². The van der Waals surface area contributed by atoms with Crippen LogP contribution in [0.2, 0.25) is 0 Å². The van der Waals surface area contributed by atoms with E-state index in [1.54, 1.807) is 0 Å². The van der Waals surface area contributed by atoms with Crippen molar-refractivity contribution in [1.82, 2.24) is 15.1 Å². The van der Waals surface area contributed by atoms with Gasteiger partial charge in [0.2, 0.25) is 5.91 Å². The Hall–Kier alpha value is -1.06. The lowest BCUT2D eigenvalue weighted by Gasteiger charge is -2.34. The number of carbonyl (C=O) groups is 2. The van der Waals surface area contributed by atoms with Crippen LogP contribution in [0.15, 0.2) is 4.99 Å².